The molecular weight excluding hydrogens is 376 g/mol. The first-order chi connectivity index (χ1) is 11.9. The molecule has 1 aromatic rings. The second-order valence-corrected chi connectivity index (χ2v) is 9.15. The Kier molecular flexibility index (Phi) is 7.07. The summed E-state index contributed by atoms with van der Waals surface area (Å²) in [7, 11) is -2.27. The third-order valence-electron chi connectivity index (χ3n) is 5.51. The minimum atomic E-state index is -3.59. The number of nitrogens with two attached hydrogens (primary N) is 1. The summed E-state index contributed by atoms with van der Waals surface area (Å²) in [5.41, 5.74) is 7.31. The first-order valence-electron chi connectivity index (χ1n) is 8.82. The fourth-order valence-corrected chi connectivity index (χ4v) is 6.38. The zero-order valence-electron chi connectivity index (χ0n) is 14.9. The van der Waals surface area contributed by atoms with Gasteiger partial charge in [-0.25, -0.2) is 8.42 Å². The standard InChI is InChI=1S/C18H26N2O4S.ClH/c1-24-18(21)14-9-5-6-10-17(14)25(22,23)20-11-15(16(19)12-20)13-7-3-2-4-8-13;/h2-4,7-8,14-17H,5-6,9-12,19H2,1H3;1H/t14?,15-,16+,17?;/m0./s1. The highest BCUT2D eigenvalue weighted by Gasteiger charge is 2.46. The molecule has 0 aromatic heterocycles. The van der Waals surface area contributed by atoms with Gasteiger partial charge in [0, 0.05) is 25.0 Å². The zero-order valence-corrected chi connectivity index (χ0v) is 16.5. The third-order valence-corrected chi connectivity index (χ3v) is 7.86. The lowest BCUT2D eigenvalue weighted by atomic mass is 9.89. The largest absolute Gasteiger partial charge is 0.469 e. The minimum Gasteiger partial charge on any atom is -0.469 e. The first-order valence-corrected chi connectivity index (χ1v) is 10.3. The number of ether oxygens (including phenoxy) is 1. The quantitative estimate of drug-likeness (QED) is 0.777. The van der Waals surface area contributed by atoms with Crippen LogP contribution in [0.1, 0.15) is 37.2 Å². The molecule has 2 N–H and O–H groups in total. The average Bonchev–Trinajstić information content (AvgIpc) is 3.04. The van der Waals surface area contributed by atoms with Crippen molar-refractivity contribution in [3.05, 3.63) is 35.9 Å². The van der Waals surface area contributed by atoms with Crippen LogP contribution in [0.4, 0.5) is 0 Å². The van der Waals surface area contributed by atoms with Crippen molar-refractivity contribution in [3.63, 3.8) is 0 Å². The van der Waals surface area contributed by atoms with E-state index in [0.717, 1.165) is 18.4 Å². The van der Waals surface area contributed by atoms with Gasteiger partial charge in [0.2, 0.25) is 10.0 Å². The van der Waals surface area contributed by atoms with Crippen LogP contribution in [0.5, 0.6) is 0 Å². The number of carbonyl (C=O) groups is 1. The number of halogens is 1. The van der Waals surface area contributed by atoms with Crippen LogP contribution in [0.3, 0.4) is 0 Å². The van der Waals surface area contributed by atoms with E-state index in [1.165, 1.54) is 11.4 Å². The van der Waals surface area contributed by atoms with E-state index < -0.39 is 27.2 Å². The Balaban J connectivity index is 0.00000243. The third kappa shape index (κ3) is 4.06. The Morgan fingerprint density at radius 2 is 1.81 bits per heavy atom. The molecule has 2 unspecified atom stereocenters. The van der Waals surface area contributed by atoms with Crippen molar-refractivity contribution in [3.8, 4) is 0 Å². The van der Waals surface area contributed by atoms with E-state index in [2.05, 4.69) is 0 Å². The van der Waals surface area contributed by atoms with Crippen LogP contribution >= 0.6 is 12.4 Å². The van der Waals surface area contributed by atoms with Gasteiger partial charge in [-0.1, -0.05) is 43.2 Å². The predicted octanol–water partition coefficient (Wildman–Crippen LogP) is 1.90. The predicted molar refractivity (Wildman–Crippen MR) is 103 cm³/mol. The van der Waals surface area contributed by atoms with Gasteiger partial charge in [-0.3, -0.25) is 4.79 Å². The van der Waals surface area contributed by atoms with E-state index in [9.17, 15) is 13.2 Å². The lowest BCUT2D eigenvalue weighted by Gasteiger charge is -2.32. The summed E-state index contributed by atoms with van der Waals surface area (Å²) in [5, 5.41) is -0.699. The lowest BCUT2D eigenvalue weighted by molar-refractivity contribution is -0.146. The monoisotopic (exact) mass is 402 g/mol. The second kappa shape index (κ2) is 8.69. The fraction of sp³-hybridized carbons (Fsp3) is 0.611. The van der Waals surface area contributed by atoms with Crippen LogP contribution in [0, 0.1) is 5.92 Å². The highest BCUT2D eigenvalue weighted by molar-refractivity contribution is 7.89. The highest BCUT2D eigenvalue weighted by Crippen LogP contribution is 2.36. The van der Waals surface area contributed by atoms with Gasteiger partial charge in [-0.05, 0) is 18.4 Å². The number of benzene rings is 1. The molecule has 4 atom stereocenters. The molecule has 1 saturated carbocycles. The number of rotatable bonds is 4. The van der Waals surface area contributed by atoms with E-state index in [1.54, 1.807) is 0 Å². The summed E-state index contributed by atoms with van der Waals surface area (Å²) >= 11 is 0. The summed E-state index contributed by atoms with van der Waals surface area (Å²) in [4.78, 5) is 12.1. The number of sulfonamides is 1. The van der Waals surface area contributed by atoms with Gasteiger partial charge in [0.1, 0.15) is 0 Å². The molecule has 0 amide bonds. The molecule has 2 fully saturated rings. The van der Waals surface area contributed by atoms with Crippen molar-refractivity contribution < 1.29 is 17.9 Å². The smallest absolute Gasteiger partial charge is 0.310 e. The first kappa shape index (κ1) is 21.2. The van der Waals surface area contributed by atoms with E-state index in [0.29, 0.717) is 25.9 Å². The summed E-state index contributed by atoms with van der Waals surface area (Å²) in [6, 6.07) is 9.54. The van der Waals surface area contributed by atoms with Crippen LogP contribution in [0.15, 0.2) is 30.3 Å². The molecule has 26 heavy (non-hydrogen) atoms. The molecule has 0 bridgehead atoms. The van der Waals surface area contributed by atoms with Crippen molar-refractivity contribution >= 4 is 28.4 Å². The minimum absolute atomic E-state index is 0. The highest BCUT2D eigenvalue weighted by atomic mass is 35.5. The lowest BCUT2D eigenvalue weighted by Crippen LogP contribution is -2.46. The van der Waals surface area contributed by atoms with E-state index in [-0.39, 0.29) is 24.4 Å². The van der Waals surface area contributed by atoms with Gasteiger partial charge in [-0.15, -0.1) is 12.4 Å². The van der Waals surface area contributed by atoms with Gasteiger partial charge in [0.15, 0.2) is 0 Å². The van der Waals surface area contributed by atoms with E-state index in [4.69, 9.17) is 10.5 Å². The topological polar surface area (TPSA) is 89.7 Å². The number of methoxy groups -OCH3 is 1. The van der Waals surface area contributed by atoms with Crippen molar-refractivity contribution in [2.24, 2.45) is 11.7 Å². The number of carbonyl (C=O) groups excluding carboxylic acids is 1. The Bertz CT molecular complexity index is 713. The zero-order chi connectivity index (χ0) is 18.0. The fourth-order valence-electron chi connectivity index (χ4n) is 4.12. The maximum atomic E-state index is 13.2. The average molecular weight is 403 g/mol. The van der Waals surface area contributed by atoms with Gasteiger partial charge in [0.25, 0.3) is 0 Å². The molecule has 0 spiro atoms. The molecule has 1 aliphatic carbocycles. The second-order valence-electron chi connectivity index (χ2n) is 7.00. The van der Waals surface area contributed by atoms with Gasteiger partial charge in [-0.2, -0.15) is 4.31 Å². The summed E-state index contributed by atoms with van der Waals surface area (Å²) < 4.78 is 32.7. The Labute approximate surface area is 161 Å². The van der Waals surface area contributed by atoms with E-state index >= 15 is 0 Å². The molecule has 1 aliphatic heterocycles. The molecule has 8 heteroatoms. The van der Waals surface area contributed by atoms with Crippen molar-refractivity contribution in [1.29, 1.82) is 0 Å². The van der Waals surface area contributed by atoms with Crippen LogP contribution in [-0.2, 0) is 19.6 Å². The molecular formula is C18H27ClN2O4S. The van der Waals surface area contributed by atoms with Crippen molar-refractivity contribution in [1.82, 2.24) is 4.31 Å². The Hall–Kier alpha value is -1.15. The van der Waals surface area contributed by atoms with Crippen LogP contribution in [0.25, 0.3) is 0 Å². The van der Waals surface area contributed by atoms with Crippen LogP contribution in [-0.4, -0.2) is 50.2 Å². The molecule has 1 heterocycles. The molecule has 146 valence electrons. The molecule has 1 aromatic carbocycles. The maximum absolute atomic E-state index is 13.2. The van der Waals surface area contributed by atoms with Gasteiger partial charge < -0.3 is 10.5 Å². The van der Waals surface area contributed by atoms with Crippen molar-refractivity contribution in [2.45, 2.75) is 42.9 Å². The molecule has 2 aliphatic rings. The maximum Gasteiger partial charge on any atom is 0.310 e. The van der Waals surface area contributed by atoms with E-state index in [1.807, 2.05) is 30.3 Å². The normalized spacial score (nSPS) is 29.8. The molecule has 6 nitrogen and oxygen atoms in total. The number of nitrogens with zero attached hydrogens (tertiary/aromatic N) is 1. The SMILES string of the molecule is COC(=O)C1CCCCC1S(=O)(=O)N1C[C@@H](N)[C@H](c2ccccc2)C1.Cl. The molecule has 3 rings (SSSR count). The van der Waals surface area contributed by atoms with Crippen LogP contribution < -0.4 is 5.73 Å². The summed E-state index contributed by atoms with van der Waals surface area (Å²) in [6.45, 7) is 0.671. The number of esters is 1. The number of hydrogen-bond donors (Lipinski definition) is 1. The van der Waals surface area contributed by atoms with Gasteiger partial charge >= 0.3 is 5.97 Å². The summed E-state index contributed by atoms with van der Waals surface area (Å²) in [5.74, 6) is -1.01. The number of hydrogen-bond acceptors (Lipinski definition) is 5. The van der Waals surface area contributed by atoms with Gasteiger partial charge in [0.05, 0.1) is 18.3 Å². The molecule has 0 radical (unpaired) electrons. The van der Waals surface area contributed by atoms with Crippen molar-refractivity contribution in [2.75, 3.05) is 20.2 Å². The Morgan fingerprint density at radius 3 is 2.46 bits per heavy atom. The molecule has 1 saturated heterocycles. The Morgan fingerprint density at radius 1 is 1.15 bits per heavy atom. The summed E-state index contributed by atoms with van der Waals surface area (Å²) in [6.07, 6.45) is 2.75. The van der Waals surface area contributed by atoms with Crippen LogP contribution in [0.2, 0.25) is 0 Å².